The maximum atomic E-state index is 12.3. The lowest BCUT2D eigenvalue weighted by Gasteiger charge is -2.18. The van der Waals surface area contributed by atoms with E-state index in [0.717, 1.165) is 5.56 Å². The third kappa shape index (κ3) is 4.20. The number of carbonyl (C=O) groups excluding carboxylic acids is 2. The molecule has 0 bridgehead atoms. The number of carbonyl (C=O) groups is 2. The molecule has 0 saturated carbocycles. The van der Waals surface area contributed by atoms with Crippen molar-refractivity contribution in [3.8, 4) is 0 Å². The summed E-state index contributed by atoms with van der Waals surface area (Å²) in [4.78, 5) is 26.3. The summed E-state index contributed by atoms with van der Waals surface area (Å²) in [5, 5.41) is 11.9. The minimum Gasteiger partial charge on any atom is -0.392 e. The fourth-order valence-corrected chi connectivity index (χ4v) is 2.41. The lowest BCUT2D eigenvalue weighted by Crippen LogP contribution is -2.30. The molecule has 0 saturated heterocycles. The van der Waals surface area contributed by atoms with Crippen molar-refractivity contribution < 1.29 is 14.7 Å². The van der Waals surface area contributed by atoms with Gasteiger partial charge in [-0.2, -0.15) is 0 Å². The summed E-state index contributed by atoms with van der Waals surface area (Å²) in [6, 6.07) is 13.6. The smallest absolute Gasteiger partial charge is 0.255 e. The normalized spacial score (nSPS) is 10.3. The molecule has 2 rings (SSSR count). The standard InChI is InChI=1S/C19H22N2O3/c1-3-21(4-2)19(24)16-10-8-15(9-11-16)18(23)20-17-7-5-6-14(12-17)13-22/h5-12,22H,3-4,13H2,1-2H3,(H,20,23). The summed E-state index contributed by atoms with van der Waals surface area (Å²) in [7, 11) is 0. The molecule has 0 heterocycles. The van der Waals surface area contributed by atoms with E-state index in [-0.39, 0.29) is 18.4 Å². The van der Waals surface area contributed by atoms with E-state index in [0.29, 0.717) is 29.9 Å². The number of aliphatic hydroxyl groups excluding tert-OH is 1. The number of benzene rings is 2. The molecule has 0 unspecified atom stereocenters. The minimum absolute atomic E-state index is 0.0393. The van der Waals surface area contributed by atoms with Gasteiger partial charge < -0.3 is 15.3 Å². The average molecular weight is 326 g/mol. The quantitative estimate of drug-likeness (QED) is 0.857. The summed E-state index contributed by atoms with van der Waals surface area (Å²) >= 11 is 0. The zero-order valence-corrected chi connectivity index (χ0v) is 14.0. The topological polar surface area (TPSA) is 69.6 Å². The average Bonchev–Trinajstić information content (AvgIpc) is 2.63. The molecule has 24 heavy (non-hydrogen) atoms. The van der Waals surface area contributed by atoms with Gasteiger partial charge in [-0.15, -0.1) is 0 Å². The Kier molecular flexibility index (Phi) is 6.09. The highest BCUT2D eigenvalue weighted by Gasteiger charge is 2.13. The van der Waals surface area contributed by atoms with Crippen LogP contribution in [-0.2, 0) is 6.61 Å². The van der Waals surface area contributed by atoms with Gasteiger partial charge in [0.15, 0.2) is 0 Å². The zero-order valence-electron chi connectivity index (χ0n) is 14.0. The van der Waals surface area contributed by atoms with E-state index in [1.807, 2.05) is 13.8 Å². The van der Waals surface area contributed by atoms with E-state index < -0.39 is 0 Å². The minimum atomic E-state index is -0.257. The van der Waals surface area contributed by atoms with Gasteiger partial charge in [-0.1, -0.05) is 12.1 Å². The number of nitrogens with one attached hydrogen (secondary N) is 1. The van der Waals surface area contributed by atoms with Crippen LogP contribution in [-0.4, -0.2) is 34.9 Å². The van der Waals surface area contributed by atoms with Crippen molar-refractivity contribution in [2.24, 2.45) is 0 Å². The van der Waals surface area contributed by atoms with E-state index in [1.54, 1.807) is 53.4 Å². The molecule has 2 aromatic carbocycles. The highest BCUT2D eigenvalue weighted by molar-refractivity contribution is 6.05. The molecule has 2 aromatic rings. The van der Waals surface area contributed by atoms with Crippen molar-refractivity contribution in [3.05, 3.63) is 65.2 Å². The number of amides is 2. The highest BCUT2D eigenvalue weighted by Crippen LogP contribution is 2.13. The summed E-state index contributed by atoms with van der Waals surface area (Å²) < 4.78 is 0. The Labute approximate surface area is 141 Å². The maximum Gasteiger partial charge on any atom is 0.255 e. The first-order valence-corrected chi connectivity index (χ1v) is 7.99. The van der Waals surface area contributed by atoms with Gasteiger partial charge in [0.25, 0.3) is 11.8 Å². The summed E-state index contributed by atoms with van der Waals surface area (Å²) in [5.74, 6) is -0.297. The molecule has 0 aromatic heterocycles. The van der Waals surface area contributed by atoms with Crippen molar-refractivity contribution in [1.82, 2.24) is 4.90 Å². The van der Waals surface area contributed by atoms with Crippen LogP contribution in [0.5, 0.6) is 0 Å². The molecule has 0 radical (unpaired) electrons. The number of rotatable bonds is 6. The Hall–Kier alpha value is -2.66. The zero-order chi connectivity index (χ0) is 17.5. The number of nitrogens with zero attached hydrogens (tertiary/aromatic N) is 1. The Morgan fingerprint density at radius 1 is 1.00 bits per heavy atom. The first-order valence-electron chi connectivity index (χ1n) is 7.99. The second-order valence-electron chi connectivity index (χ2n) is 5.37. The van der Waals surface area contributed by atoms with Crippen LogP contribution in [0.2, 0.25) is 0 Å². The molecule has 5 nitrogen and oxygen atoms in total. The molecule has 0 aliphatic heterocycles. The van der Waals surface area contributed by atoms with E-state index in [2.05, 4.69) is 5.32 Å². The van der Waals surface area contributed by atoms with E-state index >= 15 is 0 Å². The number of hydrogen-bond acceptors (Lipinski definition) is 3. The Morgan fingerprint density at radius 2 is 1.62 bits per heavy atom. The van der Waals surface area contributed by atoms with Crippen LogP contribution < -0.4 is 5.32 Å². The molecule has 0 aliphatic carbocycles. The molecular weight excluding hydrogens is 304 g/mol. The largest absolute Gasteiger partial charge is 0.392 e. The Balaban J connectivity index is 2.09. The van der Waals surface area contributed by atoms with Crippen LogP contribution in [0, 0.1) is 0 Å². The predicted octanol–water partition coefficient (Wildman–Crippen LogP) is 2.91. The SMILES string of the molecule is CCN(CC)C(=O)c1ccc(C(=O)Nc2cccc(CO)c2)cc1. The fraction of sp³-hybridized carbons (Fsp3) is 0.263. The molecule has 2 N–H and O–H groups in total. The summed E-state index contributed by atoms with van der Waals surface area (Å²) in [5.41, 5.74) is 2.39. The van der Waals surface area contributed by atoms with Crippen LogP contribution in [0.15, 0.2) is 48.5 Å². The Bertz CT molecular complexity index is 707. The monoisotopic (exact) mass is 326 g/mol. The second-order valence-corrected chi connectivity index (χ2v) is 5.37. The van der Waals surface area contributed by atoms with Crippen molar-refractivity contribution in [2.45, 2.75) is 20.5 Å². The third-order valence-corrected chi connectivity index (χ3v) is 3.81. The van der Waals surface area contributed by atoms with Gasteiger partial charge in [0.1, 0.15) is 0 Å². The molecule has 0 atom stereocenters. The molecule has 0 aliphatic rings. The molecular formula is C19H22N2O3. The lowest BCUT2D eigenvalue weighted by atomic mass is 10.1. The van der Waals surface area contributed by atoms with Crippen molar-refractivity contribution in [1.29, 1.82) is 0 Å². The van der Waals surface area contributed by atoms with E-state index in [1.165, 1.54) is 0 Å². The lowest BCUT2D eigenvalue weighted by molar-refractivity contribution is 0.0772. The van der Waals surface area contributed by atoms with Gasteiger partial charge in [0, 0.05) is 29.9 Å². The third-order valence-electron chi connectivity index (χ3n) is 3.81. The van der Waals surface area contributed by atoms with Crippen LogP contribution in [0.25, 0.3) is 0 Å². The van der Waals surface area contributed by atoms with Crippen molar-refractivity contribution >= 4 is 17.5 Å². The number of hydrogen-bond donors (Lipinski definition) is 2. The van der Waals surface area contributed by atoms with Gasteiger partial charge in [0.05, 0.1) is 6.61 Å². The van der Waals surface area contributed by atoms with Crippen LogP contribution >= 0.6 is 0 Å². The van der Waals surface area contributed by atoms with Crippen molar-refractivity contribution in [2.75, 3.05) is 18.4 Å². The van der Waals surface area contributed by atoms with E-state index in [9.17, 15) is 9.59 Å². The molecule has 126 valence electrons. The van der Waals surface area contributed by atoms with Gasteiger partial charge in [-0.25, -0.2) is 0 Å². The summed E-state index contributed by atoms with van der Waals surface area (Å²) in [6.45, 7) is 5.09. The van der Waals surface area contributed by atoms with Crippen molar-refractivity contribution in [3.63, 3.8) is 0 Å². The first-order chi connectivity index (χ1) is 11.6. The molecule has 2 amide bonds. The van der Waals surface area contributed by atoms with E-state index in [4.69, 9.17) is 5.11 Å². The van der Waals surface area contributed by atoms with Gasteiger partial charge in [0.2, 0.25) is 0 Å². The van der Waals surface area contributed by atoms with Crippen LogP contribution in [0.1, 0.15) is 40.1 Å². The predicted molar refractivity (Wildman–Crippen MR) is 94.0 cm³/mol. The van der Waals surface area contributed by atoms with Gasteiger partial charge in [-0.05, 0) is 55.8 Å². The summed E-state index contributed by atoms with van der Waals surface area (Å²) in [6.07, 6.45) is 0. The number of anilines is 1. The van der Waals surface area contributed by atoms with Gasteiger partial charge in [-0.3, -0.25) is 9.59 Å². The maximum absolute atomic E-state index is 12.3. The number of aliphatic hydroxyl groups is 1. The Morgan fingerprint density at radius 3 is 2.21 bits per heavy atom. The fourth-order valence-electron chi connectivity index (χ4n) is 2.41. The molecule has 5 heteroatoms. The highest BCUT2D eigenvalue weighted by atomic mass is 16.3. The second kappa shape index (κ2) is 8.26. The first kappa shape index (κ1) is 17.7. The van der Waals surface area contributed by atoms with Crippen LogP contribution in [0.4, 0.5) is 5.69 Å². The molecule has 0 spiro atoms. The van der Waals surface area contributed by atoms with Gasteiger partial charge >= 0.3 is 0 Å². The van der Waals surface area contributed by atoms with Crippen LogP contribution in [0.3, 0.4) is 0 Å². The molecule has 0 fully saturated rings.